The topological polar surface area (TPSA) is 71.4 Å². The molecule has 92 valence electrons. The van der Waals surface area contributed by atoms with Crippen LogP contribution in [0.5, 0.6) is 0 Å². The second-order valence-electron chi connectivity index (χ2n) is 3.30. The molecule has 0 aromatic heterocycles. The number of allylic oxidation sites excluding steroid dienone is 1. The molecule has 1 rings (SSSR count). The monoisotopic (exact) mass is 318 g/mol. The number of hydrogen-bond acceptors (Lipinski definition) is 3. The summed E-state index contributed by atoms with van der Waals surface area (Å²) in [5.41, 5.74) is -0.0634. The van der Waals surface area contributed by atoms with Gasteiger partial charge >= 0.3 is 5.97 Å². The second-order valence-corrected chi connectivity index (χ2v) is 6.19. The standard InChI is InChI=1S/C11H11BrO4S/c1-2-3-6-17(15,16)8-4-5-10(12)9(7-8)11(13)14/h2-5,7H,6H2,1H3,(H,13,14)/b3-2+. The molecule has 1 N–H and O–H groups in total. The molecule has 0 amide bonds. The molecule has 0 fully saturated rings. The van der Waals surface area contributed by atoms with Gasteiger partial charge in [-0.15, -0.1) is 0 Å². The average Bonchev–Trinajstić information content (AvgIpc) is 2.26. The van der Waals surface area contributed by atoms with E-state index in [1.165, 1.54) is 18.2 Å². The maximum Gasteiger partial charge on any atom is 0.336 e. The number of carboxylic acid groups (broad SMARTS) is 1. The fourth-order valence-corrected chi connectivity index (χ4v) is 2.81. The number of carbonyl (C=O) groups is 1. The third-order valence-electron chi connectivity index (χ3n) is 2.08. The molecule has 17 heavy (non-hydrogen) atoms. The Morgan fingerprint density at radius 1 is 1.47 bits per heavy atom. The highest BCUT2D eigenvalue weighted by Gasteiger charge is 2.16. The summed E-state index contributed by atoms with van der Waals surface area (Å²) in [6.45, 7) is 1.72. The van der Waals surface area contributed by atoms with Gasteiger partial charge in [-0.1, -0.05) is 12.2 Å². The Morgan fingerprint density at radius 3 is 2.65 bits per heavy atom. The van der Waals surface area contributed by atoms with Gasteiger partial charge in [0.2, 0.25) is 0 Å². The molecule has 0 saturated carbocycles. The first-order valence-corrected chi connectivity index (χ1v) is 7.20. The summed E-state index contributed by atoms with van der Waals surface area (Å²) < 4.78 is 24.0. The van der Waals surface area contributed by atoms with Crippen molar-refractivity contribution in [3.8, 4) is 0 Å². The summed E-state index contributed by atoms with van der Waals surface area (Å²) >= 11 is 3.06. The molecule has 0 atom stereocenters. The smallest absolute Gasteiger partial charge is 0.336 e. The van der Waals surface area contributed by atoms with Crippen LogP contribution in [0.15, 0.2) is 39.7 Å². The SMILES string of the molecule is C/C=C/CS(=O)(=O)c1ccc(Br)c(C(=O)O)c1. The Balaban J connectivity index is 3.25. The Hall–Kier alpha value is -1.14. The molecule has 0 aliphatic heterocycles. The minimum atomic E-state index is -3.47. The summed E-state index contributed by atoms with van der Waals surface area (Å²) in [7, 11) is -3.47. The van der Waals surface area contributed by atoms with E-state index in [0.29, 0.717) is 4.47 Å². The Bertz CT molecular complexity index is 561. The van der Waals surface area contributed by atoms with Crippen LogP contribution < -0.4 is 0 Å². The van der Waals surface area contributed by atoms with E-state index >= 15 is 0 Å². The van der Waals surface area contributed by atoms with Gasteiger partial charge in [-0.2, -0.15) is 0 Å². The maximum absolute atomic E-state index is 11.8. The summed E-state index contributed by atoms with van der Waals surface area (Å²) in [6, 6.07) is 3.96. The van der Waals surface area contributed by atoms with Gasteiger partial charge in [0.05, 0.1) is 16.2 Å². The van der Waals surface area contributed by atoms with Crippen LogP contribution in [0.25, 0.3) is 0 Å². The first kappa shape index (κ1) is 13.9. The van der Waals surface area contributed by atoms with Crippen molar-refractivity contribution in [1.29, 1.82) is 0 Å². The van der Waals surface area contributed by atoms with E-state index in [1.54, 1.807) is 13.0 Å². The highest BCUT2D eigenvalue weighted by atomic mass is 79.9. The lowest BCUT2D eigenvalue weighted by molar-refractivity contribution is 0.0695. The third kappa shape index (κ3) is 3.41. The lowest BCUT2D eigenvalue weighted by atomic mass is 10.2. The molecule has 4 nitrogen and oxygen atoms in total. The highest BCUT2D eigenvalue weighted by molar-refractivity contribution is 9.10. The number of sulfone groups is 1. The van der Waals surface area contributed by atoms with Gasteiger partial charge in [-0.25, -0.2) is 13.2 Å². The van der Waals surface area contributed by atoms with E-state index < -0.39 is 15.8 Å². The zero-order valence-corrected chi connectivity index (χ0v) is 11.5. The summed E-state index contributed by atoms with van der Waals surface area (Å²) in [6.07, 6.45) is 3.15. The number of aromatic carboxylic acids is 1. The normalized spacial score (nSPS) is 11.9. The first-order valence-electron chi connectivity index (χ1n) is 4.75. The van der Waals surface area contributed by atoms with Crippen LogP contribution in [-0.2, 0) is 9.84 Å². The van der Waals surface area contributed by atoms with Crippen molar-refractivity contribution in [2.24, 2.45) is 0 Å². The minimum absolute atomic E-state index is 0.0104. The third-order valence-corrected chi connectivity index (χ3v) is 4.37. The van der Waals surface area contributed by atoms with E-state index in [4.69, 9.17) is 5.11 Å². The van der Waals surface area contributed by atoms with Crippen molar-refractivity contribution in [2.45, 2.75) is 11.8 Å². The van der Waals surface area contributed by atoms with Crippen molar-refractivity contribution in [3.05, 3.63) is 40.4 Å². The Kier molecular flexibility index (Phi) is 4.47. The largest absolute Gasteiger partial charge is 0.478 e. The lowest BCUT2D eigenvalue weighted by Crippen LogP contribution is -2.07. The van der Waals surface area contributed by atoms with Crippen LogP contribution in [0.1, 0.15) is 17.3 Å². The molecule has 1 aromatic carbocycles. The van der Waals surface area contributed by atoms with E-state index in [2.05, 4.69) is 15.9 Å². The molecule has 0 unspecified atom stereocenters. The molecule has 0 heterocycles. The predicted octanol–water partition coefficient (Wildman–Crippen LogP) is 2.50. The number of rotatable bonds is 4. The Morgan fingerprint density at radius 2 is 2.12 bits per heavy atom. The van der Waals surface area contributed by atoms with Gasteiger partial charge in [-0.05, 0) is 41.1 Å². The van der Waals surface area contributed by atoms with Gasteiger partial charge < -0.3 is 5.11 Å². The molecule has 6 heteroatoms. The van der Waals surface area contributed by atoms with Crippen molar-refractivity contribution in [1.82, 2.24) is 0 Å². The van der Waals surface area contributed by atoms with Crippen LogP contribution in [0.4, 0.5) is 0 Å². The minimum Gasteiger partial charge on any atom is -0.478 e. The highest BCUT2D eigenvalue weighted by Crippen LogP contribution is 2.21. The molecular weight excluding hydrogens is 308 g/mol. The fraction of sp³-hybridized carbons (Fsp3) is 0.182. The Labute approximate surface area is 108 Å². The molecule has 0 radical (unpaired) electrons. The van der Waals surface area contributed by atoms with E-state index in [1.807, 2.05) is 0 Å². The molecule has 1 aromatic rings. The van der Waals surface area contributed by atoms with Crippen molar-refractivity contribution < 1.29 is 18.3 Å². The molecule has 0 aliphatic carbocycles. The number of hydrogen-bond donors (Lipinski definition) is 1. The van der Waals surface area contributed by atoms with Gasteiger partial charge in [0.25, 0.3) is 0 Å². The van der Waals surface area contributed by atoms with Crippen molar-refractivity contribution in [3.63, 3.8) is 0 Å². The molecule has 0 aliphatic rings. The van der Waals surface area contributed by atoms with Crippen molar-refractivity contribution in [2.75, 3.05) is 5.75 Å². The van der Waals surface area contributed by atoms with Crippen LogP contribution in [0, 0.1) is 0 Å². The van der Waals surface area contributed by atoms with E-state index in [-0.39, 0.29) is 16.2 Å². The first-order chi connectivity index (χ1) is 7.88. The summed E-state index contributed by atoms with van der Waals surface area (Å²) in [5.74, 6) is -1.30. The quantitative estimate of drug-likeness (QED) is 0.866. The van der Waals surface area contributed by atoms with Gasteiger partial charge in [-0.3, -0.25) is 0 Å². The van der Waals surface area contributed by atoms with E-state index in [0.717, 1.165) is 6.07 Å². The number of halogens is 1. The summed E-state index contributed by atoms with van der Waals surface area (Å²) in [5, 5.41) is 8.89. The van der Waals surface area contributed by atoms with Crippen molar-refractivity contribution >= 4 is 31.7 Å². The summed E-state index contributed by atoms with van der Waals surface area (Å²) in [4.78, 5) is 10.9. The molecule has 0 spiro atoms. The van der Waals surface area contributed by atoms with Crippen LogP contribution in [0.2, 0.25) is 0 Å². The van der Waals surface area contributed by atoms with Crippen LogP contribution >= 0.6 is 15.9 Å². The zero-order chi connectivity index (χ0) is 13.1. The van der Waals surface area contributed by atoms with E-state index in [9.17, 15) is 13.2 Å². The van der Waals surface area contributed by atoms with Gasteiger partial charge in [0, 0.05) is 4.47 Å². The van der Waals surface area contributed by atoms with Gasteiger partial charge in [0.1, 0.15) is 0 Å². The number of benzene rings is 1. The van der Waals surface area contributed by atoms with Gasteiger partial charge in [0.15, 0.2) is 9.84 Å². The second kappa shape index (κ2) is 5.46. The molecule has 0 saturated heterocycles. The molecule has 0 bridgehead atoms. The predicted molar refractivity (Wildman–Crippen MR) is 68.0 cm³/mol. The van der Waals surface area contributed by atoms with Crippen LogP contribution in [0.3, 0.4) is 0 Å². The maximum atomic E-state index is 11.8. The number of carboxylic acids is 1. The fourth-order valence-electron chi connectivity index (χ4n) is 1.18. The van der Waals surface area contributed by atoms with Crippen LogP contribution in [-0.4, -0.2) is 25.2 Å². The average molecular weight is 319 g/mol. The lowest BCUT2D eigenvalue weighted by Gasteiger charge is -2.04. The molecular formula is C11H11BrO4S. The zero-order valence-electron chi connectivity index (χ0n) is 9.05.